The number of likely N-dealkylation sites (tertiary alicyclic amines) is 1. The molecule has 1 aromatic carbocycles. The molecular formula is C23H24F3N5O4. The summed E-state index contributed by atoms with van der Waals surface area (Å²) < 4.78 is 50.7. The summed E-state index contributed by atoms with van der Waals surface area (Å²) in [7, 11) is 1.32. The molecule has 0 unspecified atom stereocenters. The minimum atomic E-state index is -4.64. The van der Waals surface area contributed by atoms with Crippen LogP contribution in [0.15, 0.2) is 28.7 Å². The third-order valence-electron chi connectivity index (χ3n) is 5.73. The molecule has 0 radical (unpaired) electrons. The van der Waals surface area contributed by atoms with Gasteiger partial charge in [-0.2, -0.15) is 13.2 Å². The second-order valence-electron chi connectivity index (χ2n) is 8.30. The van der Waals surface area contributed by atoms with Crippen molar-refractivity contribution in [2.75, 3.05) is 20.2 Å². The van der Waals surface area contributed by atoms with E-state index < -0.39 is 29.9 Å². The molecule has 0 saturated carbocycles. The molecule has 2 atom stereocenters. The monoisotopic (exact) mass is 491 g/mol. The molecule has 35 heavy (non-hydrogen) atoms. The fraction of sp³-hybridized carbons (Fsp3) is 0.391. The van der Waals surface area contributed by atoms with Gasteiger partial charge in [-0.05, 0) is 44.5 Å². The Morgan fingerprint density at radius 3 is 2.46 bits per heavy atom. The molecule has 186 valence electrons. The number of methoxy groups -OCH3 is 1. The lowest BCUT2D eigenvalue weighted by Gasteiger charge is -2.33. The van der Waals surface area contributed by atoms with Crippen molar-refractivity contribution in [1.29, 1.82) is 0 Å². The molecule has 1 fully saturated rings. The Morgan fingerprint density at radius 1 is 1.17 bits per heavy atom. The lowest BCUT2D eigenvalue weighted by atomic mass is 10.1. The van der Waals surface area contributed by atoms with Gasteiger partial charge in [-0.3, -0.25) is 9.59 Å². The number of amides is 2. The lowest BCUT2D eigenvalue weighted by Crippen LogP contribution is -2.51. The summed E-state index contributed by atoms with van der Waals surface area (Å²) in [5.41, 5.74) is 5.06. The summed E-state index contributed by atoms with van der Waals surface area (Å²) >= 11 is 0. The van der Waals surface area contributed by atoms with Gasteiger partial charge in [0.25, 0.3) is 5.91 Å². The van der Waals surface area contributed by atoms with Gasteiger partial charge in [0.15, 0.2) is 11.5 Å². The fourth-order valence-corrected chi connectivity index (χ4v) is 3.76. The molecule has 2 aromatic heterocycles. The zero-order valence-electron chi connectivity index (χ0n) is 19.3. The first-order valence-corrected chi connectivity index (χ1v) is 10.9. The van der Waals surface area contributed by atoms with Gasteiger partial charge < -0.3 is 25.1 Å². The maximum absolute atomic E-state index is 13.2. The maximum Gasteiger partial charge on any atom is 0.433 e. The highest BCUT2D eigenvalue weighted by Gasteiger charge is 2.34. The first-order valence-electron chi connectivity index (χ1n) is 10.9. The van der Waals surface area contributed by atoms with Crippen LogP contribution in [0.5, 0.6) is 5.75 Å². The second kappa shape index (κ2) is 9.17. The number of carbonyl (C=O) groups excluding carboxylic acids is 2. The van der Waals surface area contributed by atoms with E-state index in [1.54, 1.807) is 24.8 Å². The summed E-state index contributed by atoms with van der Waals surface area (Å²) in [5.74, 6) is -0.680. The van der Waals surface area contributed by atoms with Crippen LogP contribution in [0, 0.1) is 0 Å². The van der Waals surface area contributed by atoms with Crippen molar-refractivity contribution >= 4 is 22.7 Å². The van der Waals surface area contributed by atoms with E-state index in [4.69, 9.17) is 14.9 Å². The lowest BCUT2D eigenvalue weighted by molar-refractivity contribution is -0.141. The van der Waals surface area contributed by atoms with Crippen molar-refractivity contribution in [1.82, 2.24) is 20.2 Å². The van der Waals surface area contributed by atoms with Crippen molar-refractivity contribution < 1.29 is 31.9 Å². The summed E-state index contributed by atoms with van der Waals surface area (Å²) in [4.78, 5) is 35.0. The molecule has 1 saturated heterocycles. The average Bonchev–Trinajstić information content (AvgIpc) is 3.22. The zero-order chi connectivity index (χ0) is 25.5. The number of ether oxygens (including phenoxy) is 1. The molecule has 0 spiro atoms. The van der Waals surface area contributed by atoms with Crippen molar-refractivity contribution in [3.05, 3.63) is 41.4 Å². The number of alkyl halides is 3. The van der Waals surface area contributed by atoms with Gasteiger partial charge in [0, 0.05) is 24.0 Å². The SMILES string of the molecule is COc1ccc(-c2nc(C(=O)N[C@@H](C)C(=O)N3CCC3)c([C@H](C)N)o2)c2ccc(C(F)(F)F)nc12. The van der Waals surface area contributed by atoms with Gasteiger partial charge in [0.05, 0.1) is 13.2 Å². The van der Waals surface area contributed by atoms with E-state index in [0.717, 1.165) is 12.5 Å². The van der Waals surface area contributed by atoms with E-state index >= 15 is 0 Å². The van der Waals surface area contributed by atoms with Crippen LogP contribution in [0.2, 0.25) is 0 Å². The smallest absolute Gasteiger partial charge is 0.433 e. The fourth-order valence-electron chi connectivity index (χ4n) is 3.76. The normalized spacial score (nSPS) is 15.5. The van der Waals surface area contributed by atoms with Crippen LogP contribution in [0.3, 0.4) is 0 Å². The van der Waals surface area contributed by atoms with Crippen LogP contribution < -0.4 is 15.8 Å². The molecular weight excluding hydrogens is 467 g/mol. The first-order chi connectivity index (χ1) is 16.5. The number of hydrogen-bond acceptors (Lipinski definition) is 7. The summed E-state index contributed by atoms with van der Waals surface area (Å²) in [6.45, 7) is 4.46. The number of oxazole rings is 1. The molecule has 0 aliphatic carbocycles. The molecule has 0 bridgehead atoms. The largest absolute Gasteiger partial charge is 0.494 e. The van der Waals surface area contributed by atoms with Crippen molar-refractivity contribution in [3.63, 3.8) is 0 Å². The minimum absolute atomic E-state index is 0.0293. The highest BCUT2D eigenvalue weighted by molar-refractivity contribution is 5.99. The molecule has 3 N–H and O–H groups in total. The van der Waals surface area contributed by atoms with E-state index in [-0.39, 0.29) is 39.9 Å². The number of halogens is 3. The van der Waals surface area contributed by atoms with Crippen molar-refractivity contribution in [2.45, 2.75) is 38.5 Å². The predicted octanol–water partition coefficient (Wildman–Crippen LogP) is 3.29. The molecule has 4 rings (SSSR count). The standard InChI is InChI=1S/C23H24F3N5O4/c1-11(27)19-18(20(32)28-12(2)22(33)31-9-4-10-31)30-21(35-19)14-5-7-15(34-3)17-13(14)6-8-16(29-17)23(24,25)26/h5-8,11-12H,4,9-10,27H2,1-3H3,(H,28,32)/t11-,12-/m0/s1. The van der Waals surface area contributed by atoms with E-state index in [1.807, 2.05) is 0 Å². The van der Waals surface area contributed by atoms with E-state index in [0.29, 0.717) is 18.7 Å². The number of nitrogens with two attached hydrogens (primary N) is 1. The van der Waals surface area contributed by atoms with E-state index in [2.05, 4.69) is 15.3 Å². The molecule has 1 aliphatic heterocycles. The molecule has 1 aliphatic rings. The van der Waals surface area contributed by atoms with Crippen LogP contribution in [-0.2, 0) is 11.0 Å². The minimum Gasteiger partial charge on any atom is -0.494 e. The third-order valence-corrected chi connectivity index (χ3v) is 5.73. The van der Waals surface area contributed by atoms with Crippen LogP contribution in [0.1, 0.15) is 48.3 Å². The van der Waals surface area contributed by atoms with Crippen molar-refractivity contribution in [3.8, 4) is 17.2 Å². The topological polar surface area (TPSA) is 124 Å². The number of benzene rings is 1. The zero-order valence-corrected chi connectivity index (χ0v) is 19.3. The van der Waals surface area contributed by atoms with Gasteiger partial charge in [-0.1, -0.05) is 0 Å². The number of carbonyl (C=O) groups is 2. The van der Waals surface area contributed by atoms with Crippen molar-refractivity contribution in [2.24, 2.45) is 5.73 Å². The van der Waals surface area contributed by atoms with Crippen LogP contribution >= 0.6 is 0 Å². The molecule has 3 heterocycles. The summed E-state index contributed by atoms with van der Waals surface area (Å²) in [6.07, 6.45) is -3.72. The Labute approximate surface area is 198 Å². The first kappa shape index (κ1) is 24.5. The quantitative estimate of drug-likeness (QED) is 0.542. The highest BCUT2D eigenvalue weighted by atomic mass is 19.4. The predicted molar refractivity (Wildman–Crippen MR) is 120 cm³/mol. The number of fused-ring (bicyclic) bond motifs is 1. The van der Waals surface area contributed by atoms with Gasteiger partial charge in [0.1, 0.15) is 23.0 Å². The van der Waals surface area contributed by atoms with Gasteiger partial charge in [-0.15, -0.1) is 0 Å². The molecule has 12 heteroatoms. The molecule has 9 nitrogen and oxygen atoms in total. The number of aromatic nitrogens is 2. The summed E-state index contributed by atoms with van der Waals surface area (Å²) in [6, 6.07) is 3.57. The Bertz CT molecular complexity index is 1280. The van der Waals surface area contributed by atoms with Gasteiger partial charge in [0.2, 0.25) is 11.8 Å². The molecule has 2 amide bonds. The number of rotatable bonds is 6. The number of hydrogen-bond donors (Lipinski definition) is 2. The van der Waals surface area contributed by atoms with Crippen LogP contribution in [0.4, 0.5) is 13.2 Å². The number of pyridine rings is 1. The Kier molecular flexibility index (Phi) is 6.41. The average molecular weight is 491 g/mol. The Hall–Kier alpha value is -3.67. The third kappa shape index (κ3) is 4.65. The van der Waals surface area contributed by atoms with Crippen LogP contribution in [-0.4, -0.2) is 52.9 Å². The highest BCUT2D eigenvalue weighted by Crippen LogP contribution is 2.37. The molecule has 3 aromatic rings. The Morgan fingerprint density at radius 2 is 1.89 bits per heavy atom. The Balaban J connectivity index is 1.74. The van der Waals surface area contributed by atoms with Crippen LogP contribution in [0.25, 0.3) is 22.4 Å². The van der Waals surface area contributed by atoms with Gasteiger partial charge in [-0.25, -0.2) is 9.97 Å². The summed E-state index contributed by atoms with van der Waals surface area (Å²) in [5, 5.41) is 2.90. The number of nitrogens with zero attached hydrogens (tertiary/aromatic N) is 3. The maximum atomic E-state index is 13.2. The number of nitrogens with one attached hydrogen (secondary N) is 1. The second-order valence-corrected chi connectivity index (χ2v) is 8.30. The van der Waals surface area contributed by atoms with E-state index in [9.17, 15) is 22.8 Å². The van der Waals surface area contributed by atoms with E-state index in [1.165, 1.54) is 19.2 Å². The van der Waals surface area contributed by atoms with Gasteiger partial charge >= 0.3 is 6.18 Å².